The molecular formula is C19H24N2O2. The molecule has 2 aromatic carbocycles. The van der Waals surface area contributed by atoms with Crippen LogP contribution in [0, 0.1) is 12.8 Å². The van der Waals surface area contributed by atoms with Crippen molar-refractivity contribution in [1.29, 1.82) is 0 Å². The van der Waals surface area contributed by atoms with Crippen molar-refractivity contribution in [3.05, 3.63) is 59.7 Å². The Labute approximate surface area is 137 Å². The van der Waals surface area contributed by atoms with Crippen molar-refractivity contribution in [2.45, 2.75) is 26.8 Å². The number of carbonyl (C=O) groups excluding carboxylic acids is 1. The Morgan fingerprint density at radius 1 is 1.09 bits per heavy atom. The number of carbonyl (C=O) groups is 1. The monoisotopic (exact) mass is 312 g/mol. The first-order valence-corrected chi connectivity index (χ1v) is 7.78. The van der Waals surface area contributed by atoms with Gasteiger partial charge >= 0.3 is 6.03 Å². The number of rotatable bonds is 5. The van der Waals surface area contributed by atoms with Gasteiger partial charge in [0.25, 0.3) is 0 Å². The Balaban J connectivity index is 2.11. The van der Waals surface area contributed by atoms with E-state index in [0.29, 0.717) is 11.4 Å². The average Bonchev–Trinajstić information content (AvgIpc) is 2.54. The minimum atomic E-state index is -0.241. The van der Waals surface area contributed by atoms with E-state index in [1.165, 1.54) is 0 Å². The minimum absolute atomic E-state index is 0.0485. The third kappa shape index (κ3) is 4.49. The van der Waals surface area contributed by atoms with Crippen LogP contribution in [0.5, 0.6) is 5.75 Å². The highest BCUT2D eigenvalue weighted by Crippen LogP contribution is 2.26. The second-order valence-electron chi connectivity index (χ2n) is 5.93. The molecule has 1 unspecified atom stereocenters. The number of hydrogen-bond acceptors (Lipinski definition) is 2. The van der Waals surface area contributed by atoms with Crippen LogP contribution >= 0.6 is 0 Å². The van der Waals surface area contributed by atoms with Gasteiger partial charge < -0.3 is 15.4 Å². The smallest absolute Gasteiger partial charge is 0.319 e. The molecule has 0 aliphatic rings. The molecule has 4 nitrogen and oxygen atoms in total. The molecule has 0 spiro atoms. The van der Waals surface area contributed by atoms with Crippen LogP contribution in [0.2, 0.25) is 0 Å². The molecule has 0 saturated carbocycles. The van der Waals surface area contributed by atoms with Crippen LogP contribution in [0.25, 0.3) is 0 Å². The lowest BCUT2D eigenvalue weighted by Crippen LogP contribution is -2.35. The van der Waals surface area contributed by atoms with Gasteiger partial charge in [0, 0.05) is 0 Å². The first-order chi connectivity index (χ1) is 11.0. The number of ether oxygens (including phenoxy) is 1. The van der Waals surface area contributed by atoms with Crippen molar-refractivity contribution in [2.75, 3.05) is 12.4 Å². The maximum Gasteiger partial charge on any atom is 0.319 e. The third-order valence-corrected chi connectivity index (χ3v) is 3.72. The normalized spacial score (nSPS) is 11.9. The first kappa shape index (κ1) is 16.9. The fourth-order valence-corrected chi connectivity index (χ4v) is 2.50. The number of aryl methyl sites for hydroxylation is 1. The first-order valence-electron chi connectivity index (χ1n) is 7.78. The van der Waals surface area contributed by atoms with Gasteiger partial charge in [0.15, 0.2) is 0 Å². The van der Waals surface area contributed by atoms with Crippen molar-refractivity contribution in [3.63, 3.8) is 0 Å². The van der Waals surface area contributed by atoms with Crippen LogP contribution in [-0.4, -0.2) is 13.1 Å². The minimum Gasteiger partial charge on any atom is -0.495 e. The quantitative estimate of drug-likeness (QED) is 0.852. The van der Waals surface area contributed by atoms with Crippen LogP contribution in [0.3, 0.4) is 0 Å². The Morgan fingerprint density at radius 2 is 1.78 bits per heavy atom. The van der Waals surface area contributed by atoms with Gasteiger partial charge in [0.05, 0.1) is 18.8 Å². The number of anilines is 1. The summed E-state index contributed by atoms with van der Waals surface area (Å²) in [6.45, 7) is 6.16. The second kappa shape index (κ2) is 7.68. The summed E-state index contributed by atoms with van der Waals surface area (Å²) in [5.74, 6) is 0.934. The summed E-state index contributed by atoms with van der Waals surface area (Å²) in [6, 6.07) is 15.4. The summed E-state index contributed by atoms with van der Waals surface area (Å²) in [4.78, 5) is 12.4. The van der Waals surface area contributed by atoms with Gasteiger partial charge in [-0.25, -0.2) is 4.79 Å². The van der Waals surface area contributed by atoms with Crippen LogP contribution < -0.4 is 15.4 Å². The van der Waals surface area contributed by atoms with Crippen molar-refractivity contribution in [1.82, 2.24) is 5.32 Å². The molecule has 2 N–H and O–H groups in total. The lowest BCUT2D eigenvalue weighted by atomic mass is 9.96. The molecule has 0 aliphatic heterocycles. The Kier molecular flexibility index (Phi) is 5.63. The van der Waals surface area contributed by atoms with Crippen molar-refractivity contribution in [3.8, 4) is 5.75 Å². The molecule has 0 saturated heterocycles. The van der Waals surface area contributed by atoms with E-state index in [0.717, 1.165) is 11.1 Å². The summed E-state index contributed by atoms with van der Waals surface area (Å²) >= 11 is 0. The molecule has 122 valence electrons. The predicted octanol–water partition coefficient (Wildman–Crippen LogP) is 4.52. The molecule has 1 atom stereocenters. The Morgan fingerprint density at radius 3 is 2.39 bits per heavy atom. The van der Waals surface area contributed by atoms with Gasteiger partial charge in [-0.1, -0.05) is 50.2 Å². The third-order valence-electron chi connectivity index (χ3n) is 3.72. The Bertz CT molecular complexity index is 654. The Hall–Kier alpha value is -2.49. The van der Waals surface area contributed by atoms with Crippen LogP contribution in [-0.2, 0) is 0 Å². The number of urea groups is 1. The molecule has 0 fully saturated rings. The van der Waals surface area contributed by atoms with Crippen LogP contribution in [0.15, 0.2) is 48.5 Å². The van der Waals surface area contributed by atoms with E-state index in [4.69, 9.17) is 4.74 Å². The number of amides is 2. The van der Waals surface area contributed by atoms with Crippen molar-refractivity contribution in [2.24, 2.45) is 5.92 Å². The highest BCUT2D eigenvalue weighted by atomic mass is 16.5. The molecule has 2 aromatic rings. The molecule has 0 aromatic heterocycles. The fourth-order valence-electron chi connectivity index (χ4n) is 2.50. The highest BCUT2D eigenvalue weighted by Gasteiger charge is 2.18. The molecule has 2 rings (SSSR count). The topological polar surface area (TPSA) is 50.4 Å². The second-order valence-corrected chi connectivity index (χ2v) is 5.93. The molecule has 2 amide bonds. The van der Waals surface area contributed by atoms with E-state index in [-0.39, 0.29) is 18.0 Å². The van der Waals surface area contributed by atoms with E-state index in [2.05, 4.69) is 24.5 Å². The molecule has 0 radical (unpaired) electrons. The predicted molar refractivity (Wildman–Crippen MR) is 93.9 cm³/mol. The zero-order chi connectivity index (χ0) is 16.8. The maximum absolute atomic E-state index is 12.4. The molecule has 0 heterocycles. The largest absolute Gasteiger partial charge is 0.495 e. The molecular weight excluding hydrogens is 288 g/mol. The van der Waals surface area contributed by atoms with Gasteiger partial charge in [0.2, 0.25) is 0 Å². The van der Waals surface area contributed by atoms with Crippen LogP contribution in [0.4, 0.5) is 10.5 Å². The van der Waals surface area contributed by atoms with Gasteiger partial charge in [-0.3, -0.25) is 0 Å². The summed E-state index contributed by atoms with van der Waals surface area (Å²) in [5.41, 5.74) is 2.83. The zero-order valence-electron chi connectivity index (χ0n) is 14.1. The number of methoxy groups -OCH3 is 1. The SMILES string of the molecule is COc1cc(C)ccc1NC(=O)NC(c1ccccc1)C(C)C. The highest BCUT2D eigenvalue weighted by molar-refractivity contribution is 5.91. The summed E-state index contributed by atoms with van der Waals surface area (Å²) < 4.78 is 5.32. The van der Waals surface area contributed by atoms with Crippen LogP contribution in [0.1, 0.15) is 31.0 Å². The fraction of sp³-hybridized carbons (Fsp3) is 0.316. The lowest BCUT2D eigenvalue weighted by Gasteiger charge is -2.23. The summed E-state index contributed by atoms with van der Waals surface area (Å²) in [6.07, 6.45) is 0. The maximum atomic E-state index is 12.4. The van der Waals surface area contributed by atoms with Crippen molar-refractivity contribution >= 4 is 11.7 Å². The zero-order valence-corrected chi connectivity index (χ0v) is 14.1. The van der Waals surface area contributed by atoms with Gasteiger partial charge in [0.1, 0.15) is 5.75 Å². The van der Waals surface area contributed by atoms with Gasteiger partial charge in [-0.2, -0.15) is 0 Å². The average molecular weight is 312 g/mol. The standard InChI is InChI=1S/C19H24N2O2/c1-13(2)18(15-8-6-5-7-9-15)21-19(22)20-16-11-10-14(3)12-17(16)23-4/h5-13,18H,1-4H3,(H2,20,21,22). The van der Waals surface area contributed by atoms with E-state index >= 15 is 0 Å². The number of nitrogens with one attached hydrogen (secondary N) is 2. The summed E-state index contributed by atoms with van der Waals surface area (Å²) in [7, 11) is 1.60. The number of hydrogen-bond donors (Lipinski definition) is 2. The van der Waals surface area contributed by atoms with E-state index in [1.807, 2.05) is 55.5 Å². The number of benzene rings is 2. The molecule has 0 bridgehead atoms. The van der Waals surface area contributed by atoms with Crippen molar-refractivity contribution < 1.29 is 9.53 Å². The van der Waals surface area contributed by atoms with E-state index < -0.39 is 0 Å². The molecule has 23 heavy (non-hydrogen) atoms. The molecule has 0 aliphatic carbocycles. The summed E-state index contributed by atoms with van der Waals surface area (Å²) in [5, 5.41) is 5.91. The molecule has 4 heteroatoms. The lowest BCUT2D eigenvalue weighted by molar-refractivity contribution is 0.244. The van der Waals surface area contributed by atoms with Gasteiger partial charge in [-0.05, 0) is 36.1 Å². The van der Waals surface area contributed by atoms with E-state index in [9.17, 15) is 4.79 Å². The van der Waals surface area contributed by atoms with Gasteiger partial charge in [-0.15, -0.1) is 0 Å². The van der Waals surface area contributed by atoms with E-state index in [1.54, 1.807) is 7.11 Å².